The van der Waals surface area contributed by atoms with Crippen LogP contribution in [0.3, 0.4) is 0 Å². The number of hydrogen-bond donors (Lipinski definition) is 1. The van der Waals surface area contributed by atoms with Crippen LogP contribution in [0.4, 0.5) is 0 Å². The average molecular weight is 348 g/mol. The van der Waals surface area contributed by atoms with E-state index in [1.807, 2.05) is 0 Å². The third kappa shape index (κ3) is 1.52. The van der Waals surface area contributed by atoms with Crippen molar-refractivity contribution in [3.63, 3.8) is 0 Å². The number of nitro groups is 1. The number of ether oxygens (including phenoxy) is 1. The molecule has 1 N–H and O–H groups in total. The highest BCUT2D eigenvalue weighted by molar-refractivity contribution is 5.79. The fourth-order valence-corrected chi connectivity index (χ4v) is 7.87. The largest absolute Gasteiger partial charge is 0.459 e. The van der Waals surface area contributed by atoms with Crippen molar-refractivity contribution in [1.29, 1.82) is 0 Å². The van der Waals surface area contributed by atoms with Gasteiger partial charge in [-0.15, -0.1) is 0 Å². The van der Waals surface area contributed by atoms with Crippen LogP contribution < -0.4 is 5.32 Å². The van der Waals surface area contributed by atoms with Crippen molar-refractivity contribution >= 4 is 5.97 Å². The second-order valence-corrected chi connectivity index (χ2v) is 9.90. The highest BCUT2D eigenvalue weighted by Gasteiger charge is 2.86. The van der Waals surface area contributed by atoms with E-state index in [4.69, 9.17) is 4.74 Å². The van der Waals surface area contributed by atoms with E-state index in [1.165, 1.54) is 0 Å². The zero-order valence-electron chi connectivity index (χ0n) is 15.3. The van der Waals surface area contributed by atoms with Crippen LogP contribution in [0.1, 0.15) is 59.3 Å². The van der Waals surface area contributed by atoms with E-state index in [-0.39, 0.29) is 45.6 Å². The standard InChI is InChI=1S/C19H28N2O4/c1-17(2)11-8-9-18(17,3)19-14(21(23)24)12(10-6-4-5-7-10)13(20-19)16(22)25-15(11)19/h10-15,20H,4-9H2,1-3H3/t11-,12+,13+,14-,15-,18-,19-/m0/s1. The summed E-state index contributed by atoms with van der Waals surface area (Å²) in [6, 6.07) is -1.21. The number of rotatable bonds is 2. The van der Waals surface area contributed by atoms with E-state index in [0.29, 0.717) is 0 Å². The van der Waals surface area contributed by atoms with E-state index >= 15 is 0 Å². The summed E-state index contributed by atoms with van der Waals surface area (Å²) < 4.78 is 5.99. The Labute approximate surface area is 148 Å². The molecule has 7 atom stereocenters. The van der Waals surface area contributed by atoms with Gasteiger partial charge in [0.05, 0.1) is 5.92 Å². The van der Waals surface area contributed by atoms with Gasteiger partial charge >= 0.3 is 5.97 Å². The lowest BCUT2D eigenvalue weighted by Gasteiger charge is -2.50. The average Bonchev–Trinajstić information content (AvgIpc) is 3.23. The molecule has 2 heterocycles. The molecule has 2 saturated heterocycles. The SMILES string of the molecule is CC1(C)[C@H]2CC[C@]1(C)[C@@]13N[C@@H](C(=O)O[C@@H]21)[C@@H](C1CCCC1)[C@@H]3[N+](=O)[O-]. The molecule has 1 spiro atoms. The van der Waals surface area contributed by atoms with Gasteiger partial charge in [0.15, 0.2) is 0 Å². The van der Waals surface area contributed by atoms with Crippen LogP contribution in [0.2, 0.25) is 0 Å². The van der Waals surface area contributed by atoms with E-state index in [2.05, 4.69) is 26.1 Å². The third-order valence-corrected chi connectivity index (χ3v) is 9.31. The molecule has 0 radical (unpaired) electrons. The van der Waals surface area contributed by atoms with Gasteiger partial charge in [-0.2, -0.15) is 0 Å². The molecular formula is C19H28N2O4. The fraction of sp³-hybridized carbons (Fsp3) is 0.947. The Morgan fingerprint density at radius 3 is 2.52 bits per heavy atom. The maximum atomic E-state index is 12.8. The number of carbonyl (C=O) groups excluding carboxylic acids is 1. The maximum Gasteiger partial charge on any atom is 0.324 e. The van der Waals surface area contributed by atoms with Crippen LogP contribution in [-0.2, 0) is 9.53 Å². The van der Waals surface area contributed by atoms with Gasteiger partial charge < -0.3 is 4.74 Å². The molecule has 3 saturated carbocycles. The normalized spacial score (nSPS) is 53.1. The second kappa shape index (κ2) is 4.56. The predicted molar refractivity (Wildman–Crippen MR) is 90.4 cm³/mol. The molecule has 5 fully saturated rings. The summed E-state index contributed by atoms with van der Waals surface area (Å²) in [5.74, 6) is 0.0138. The summed E-state index contributed by atoms with van der Waals surface area (Å²) in [6.45, 7) is 6.66. The quantitative estimate of drug-likeness (QED) is 0.471. The van der Waals surface area contributed by atoms with Gasteiger partial charge in [-0.25, -0.2) is 0 Å². The van der Waals surface area contributed by atoms with Crippen molar-refractivity contribution in [3.05, 3.63) is 10.1 Å². The van der Waals surface area contributed by atoms with E-state index in [9.17, 15) is 14.9 Å². The molecule has 0 aromatic carbocycles. The summed E-state index contributed by atoms with van der Waals surface area (Å²) in [6.07, 6.45) is 5.86. The van der Waals surface area contributed by atoms with Crippen LogP contribution in [-0.4, -0.2) is 34.6 Å². The Morgan fingerprint density at radius 2 is 1.88 bits per heavy atom. The lowest BCUT2D eigenvalue weighted by atomic mass is 9.59. The first-order valence-corrected chi connectivity index (χ1v) is 9.87. The number of nitrogens with one attached hydrogen (secondary N) is 1. The Balaban J connectivity index is 1.70. The molecule has 2 aliphatic heterocycles. The predicted octanol–water partition coefficient (Wildman–Crippen LogP) is 2.53. The van der Waals surface area contributed by atoms with Crippen LogP contribution in [0.25, 0.3) is 0 Å². The van der Waals surface area contributed by atoms with Crippen molar-refractivity contribution in [2.24, 2.45) is 28.6 Å². The Morgan fingerprint density at radius 1 is 1.20 bits per heavy atom. The molecule has 0 amide bonds. The van der Waals surface area contributed by atoms with Crippen LogP contribution in [0.5, 0.6) is 0 Å². The van der Waals surface area contributed by atoms with Crippen LogP contribution in [0, 0.1) is 38.7 Å². The summed E-state index contributed by atoms with van der Waals surface area (Å²) in [5.41, 5.74) is -0.993. The van der Waals surface area contributed by atoms with Crippen molar-refractivity contribution in [1.82, 2.24) is 5.32 Å². The zero-order chi connectivity index (χ0) is 17.8. The number of fused-ring (bicyclic) bond motifs is 4. The number of esters is 1. The minimum atomic E-state index is -0.716. The fourth-order valence-electron chi connectivity index (χ4n) is 7.87. The molecule has 5 aliphatic rings. The molecule has 4 bridgehead atoms. The highest BCUT2D eigenvalue weighted by atomic mass is 16.6. The smallest absolute Gasteiger partial charge is 0.324 e. The van der Waals surface area contributed by atoms with E-state index in [0.717, 1.165) is 38.5 Å². The summed E-state index contributed by atoms with van der Waals surface area (Å²) in [5, 5.41) is 16.0. The van der Waals surface area contributed by atoms with E-state index in [1.54, 1.807) is 0 Å². The molecule has 6 nitrogen and oxygen atoms in total. The molecule has 6 heteroatoms. The first kappa shape index (κ1) is 16.0. The monoisotopic (exact) mass is 348 g/mol. The van der Waals surface area contributed by atoms with Crippen molar-refractivity contribution in [3.8, 4) is 0 Å². The number of nitrogens with zero attached hydrogens (tertiary/aromatic N) is 1. The molecular weight excluding hydrogens is 320 g/mol. The maximum absolute atomic E-state index is 12.8. The minimum Gasteiger partial charge on any atom is -0.459 e. The van der Waals surface area contributed by atoms with Crippen molar-refractivity contribution < 1.29 is 14.5 Å². The lowest BCUT2D eigenvalue weighted by Crippen LogP contribution is -2.71. The number of carbonyl (C=O) groups is 1. The Hall–Kier alpha value is -1.17. The second-order valence-electron chi connectivity index (χ2n) is 9.90. The summed E-state index contributed by atoms with van der Waals surface area (Å²) >= 11 is 0. The lowest BCUT2D eigenvalue weighted by molar-refractivity contribution is -0.546. The zero-order valence-corrected chi connectivity index (χ0v) is 15.3. The number of hydrogen-bond acceptors (Lipinski definition) is 5. The topological polar surface area (TPSA) is 81.5 Å². The molecule has 5 rings (SSSR count). The highest BCUT2D eigenvalue weighted by Crippen LogP contribution is 2.74. The molecule has 0 aromatic rings. The van der Waals surface area contributed by atoms with Gasteiger partial charge in [-0.3, -0.25) is 20.2 Å². The molecule has 3 aliphatic carbocycles. The van der Waals surface area contributed by atoms with E-state index < -0.39 is 17.6 Å². The first-order chi connectivity index (χ1) is 11.8. The molecule has 0 aromatic heterocycles. The van der Waals surface area contributed by atoms with Gasteiger partial charge in [-0.05, 0) is 37.0 Å². The number of morpholine rings is 1. The Kier molecular flexibility index (Phi) is 2.93. The molecule has 25 heavy (non-hydrogen) atoms. The van der Waals surface area contributed by atoms with Crippen LogP contribution >= 0.6 is 0 Å². The van der Waals surface area contributed by atoms with Gasteiger partial charge in [0.2, 0.25) is 6.04 Å². The van der Waals surface area contributed by atoms with Gasteiger partial charge in [0.1, 0.15) is 17.7 Å². The third-order valence-electron chi connectivity index (χ3n) is 9.31. The first-order valence-electron chi connectivity index (χ1n) is 9.87. The minimum absolute atomic E-state index is 0.0625. The Bertz CT molecular complexity index is 658. The molecule has 138 valence electrons. The summed E-state index contributed by atoms with van der Waals surface area (Å²) in [4.78, 5) is 25.1. The van der Waals surface area contributed by atoms with Gasteiger partial charge in [0, 0.05) is 16.3 Å². The molecule has 0 unspecified atom stereocenters. The van der Waals surface area contributed by atoms with Crippen molar-refractivity contribution in [2.45, 2.75) is 83.0 Å². The summed E-state index contributed by atoms with van der Waals surface area (Å²) in [7, 11) is 0. The van der Waals surface area contributed by atoms with Gasteiger partial charge in [-0.1, -0.05) is 33.6 Å². The van der Waals surface area contributed by atoms with Crippen molar-refractivity contribution in [2.75, 3.05) is 0 Å². The van der Waals surface area contributed by atoms with Gasteiger partial charge in [0.25, 0.3) is 0 Å². The van der Waals surface area contributed by atoms with Crippen LogP contribution in [0.15, 0.2) is 0 Å².